The Kier molecular flexibility index (Phi) is 5.22. The molecule has 128 valence electrons. The number of methoxy groups -OCH3 is 1. The van der Waals surface area contributed by atoms with Gasteiger partial charge in [0.2, 0.25) is 5.91 Å². The Labute approximate surface area is 152 Å². The third-order valence-corrected chi connectivity index (χ3v) is 4.53. The maximum absolute atomic E-state index is 12.5. The summed E-state index contributed by atoms with van der Waals surface area (Å²) < 4.78 is 5.16. The molecule has 3 rings (SSSR count). The highest BCUT2D eigenvalue weighted by Gasteiger charge is 2.25. The number of carbonyl (C=O) groups excluding carboxylic acids is 1. The number of halogens is 1. The number of amides is 1. The number of anilines is 1. The van der Waals surface area contributed by atoms with Crippen LogP contribution >= 0.6 is 11.6 Å². The fourth-order valence-corrected chi connectivity index (χ4v) is 3.19. The first-order chi connectivity index (χ1) is 12.1. The first-order valence-electron chi connectivity index (χ1n) is 7.96. The van der Waals surface area contributed by atoms with E-state index in [1.54, 1.807) is 24.1 Å². The number of piperazine rings is 1. The first-order valence-corrected chi connectivity index (χ1v) is 8.34. The summed E-state index contributed by atoms with van der Waals surface area (Å²) in [5.74, 6) is 0.697. The smallest absolute Gasteiger partial charge is 0.241 e. The second kappa shape index (κ2) is 7.56. The molecular formula is C19H18ClN3O2. The molecule has 0 saturated carbocycles. The minimum atomic E-state index is 0.0515. The number of rotatable bonds is 4. The average Bonchev–Trinajstić information content (AvgIpc) is 2.62. The molecule has 1 aliphatic rings. The summed E-state index contributed by atoms with van der Waals surface area (Å²) in [5, 5.41) is 9.44. The van der Waals surface area contributed by atoms with E-state index in [9.17, 15) is 4.79 Å². The molecule has 1 amide bonds. The summed E-state index contributed by atoms with van der Waals surface area (Å²) in [6.45, 7) is 2.41. The number of carbonyl (C=O) groups is 1. The van der Waals surface area contributed by atoms with Gasteiger partial charge in [0.1, 0.15) is 5.75 Å². The third kappa shape index (κ3) is 3.93. The molecule has 1 heterocycles. The van der Waals surface area contributed by atoms with E-state index in [0.29, 0.717) is 36.0 Å². The predicted molar refractivity (Wildman–Crippen MR) is 96.8 cm³/mol. The maximum atomic E-state index is 12.5. The normalized spacial score (nSPS) is 15.1. The molecule has 0 atom stereocenters. The minimum Gasteiger partial charge on any atom is -0.495 e. The van der Waals surface area contributed by atoms with Crippen LogP contribution in [0.1, 0.15) is 11.1 Å². The van der Waals surface area contributed by atoms with Crippen LogP contribution in [0.25, 0.3) is 0 Å². The summed E-state index contributed by atoms with van der Waals surface area (Å²) in [7, 11) is 1.59. The van der Waals surface area contributed by atoms with Crippen LogP contribution in [0.15, 0.2) is 42.5 Å². The third-order valence-electron chi connectivity index (χ3n) is 4.23. The van der Waals surface area contributed by atoms with E-state index >= 15 is 0 Å². The van der Waals surface area contributed by atoms with E-state index in [0.717, 1.165) is 17.8 Å². The van der Waals surface area contributed by atoms with Crippen molar-refractivity contribution in [2.45, 2.75) is 6.54 Å². The van der Waals surface area contributed by atoms with Crippen molar-refractivity contribution in [3.63, 3.8) is 0 Å². The zero-order chi connectivity index (χ0) is 17.8. The van der Waals surface area contributed by atoms with Crippen LogP contribution in [0.5, 0.6) is 5.75 Å². The van der Waals surface area contributed by atoms with Crippen LogP contribution in [-0.4, -0.2) is 37.6 Å². The summed E-state index contributed by atoms with van der Waals surface area (Å²) in [6, 6.07) is 14.8. The van der Waals surface area contributed by atoms with Crippen molar-refractivity contribution in [1.29, 1.82) is 5.26 Å². The van der Waals surface area contributed by atoms with Gasteiger partial charge in [-0.3, -0.25) is 9.69 Å². The number of benzene rings is 2. The monoisotopic (exact) mass is 355 g/mol. The number of hydrogen-bond donors (Lipinski definition) is 0. The van der Waals surface area contributed by atoms with Crippen molar-refractivity contribution in [3.05, 3.63) is 58.6 Å². The highest BCUT2D eigenvalue weighted by atomic mass is 35.5. The number of hydrogen-bond acceptors (Lipinski definition) is 4. The number of ether oxygens (including phenoxy) is 1. The van der Waals surface area contributed by atoms with Gasteiger partial charge < -0.3 is 9.64 Å². The minimum absolute atomic E-state index is 0.0515. The van der Waals surface area contributed by atoms with Gasteiger partial charge in [-0.25, -0.2) is 0 Å². The van der Waals surface area contributed by atoms with E-state index < -0.39 is 0 Å². The molecule has 2 aromatic rings. The van der Waals surface area contributed by atoms with Crippen molar-refractivity contribution < 1.29 is 9.53 Å². The molecule has 1 aliphatic heterocycles. The molecule has 0 radical (unpaired) electrons. The summed E-state index contributed by atoms with van der Waals surface area (Å²) >= 11 is 6.16. The Bertz CT molecular complexity index is 814. The fourth-order valence-electron chi connectivity index (χ4n) is 2.91. The van der Waals surface area contributed by atoms with Crippen LogP contribution in [0.3, 0.4) is 0 Å². The number of nitrogens with zero attached hydrogens (tertiary/aromatic N) is 3. The summed E-state index contributed by atoms with van der Waals surface area (Å²) in [6.07, 6.45) is 0. The van der Waals surface area contributed by atoms with Crippen LogP contribution < -0.4 is 9.64 Å². The molecule has 2 aromatic carbocycles. The van der Waals surface area contributed by atoms with Gasteiger partial charge in [-0.1, -0.05) is 17.7 Å². The second-order valence-corrected chi connectivity index (χ2v) is 6.29. The lowest BCUT2D eigenvalue weighted by atomic mass is 10.1. The second-order valence-electron chi connectivity index (χ2n) is 5.88. The molecular weight excluding hydrogens is 338 g/mol. The van der Waals surface area contributed by atoms with Gasteiger partial charge in [-0.05, 0) is 42.0 Å². The van der Waals surface area contributed by atoms with E-state index in [2.05, 4.69) is 11.0 Å². The lowest BCUT2D eigenvalue weighted by Crippen LogP contribution is -2.50. The SMILES string of the molecule is COc1ccc(CN2CCN(c3ccc(C#N)cc3)C(=O)C2)cc1Cl. The highest BCUT2D eigenvalue weighted by Crippen LogP contribution is 2.26. The van der Waals surface area contributed by atoms with Crippen molar-refractivity contribution in [2.24, 2.45) is 0 Å². The van der Waals surface area contributed by atoms with Gasteiger partial charge in [-0.15, -0.1) is 0 Å². The van der Waals surface area contributed by atoms with Crippen LogP contribution in [0.4, 0.5) is 5.69 Å². The Morgan fingerprint density at radius 1 is 1.20 bits per heavy atom. The summed E-state index contributed by atoms with van der Waals surface area (Å²) in [4.78, 5) is 16.4. The van der Waals surface area contributed by atoms with E-state index in [1.807, 2.05) is 30.3 Å². The molecule has 0 N–H and O–H groups in total. The highest BCUT2D eigenvalue weighted by molar-refractivity contribution is 6.32. The van der Waals surface area contributed by atoms with Gasteiger partial charge in [0, 0.05) is 25.3 Å². The van der Waals surface area contributed by atoms with Crippen molar-refractivity contribution in [3.8, 4) is 11.8 Å². The zero-order valence-electron chi connectivity index (χ0n) is 13.9. The molecule has 1 saturated heterocycles. The lowest BCUT2D eigenvalue weighted by molar-refractivity contribution is -0.121. The molecule has 0 aliphatic carbocycles. The van der Waals surface area contributed by atoms with E-state index in [-0.39, 0.29) is 5.91 Å². The Hall–Kier alpha value is -2.55. The van der Waals surface area contributed by atoms with Gasteiger partial charge in [-0.2, -0.15) is 5.26 Å². The molecule has 6 heteroatoms. The van der Waals surface area contributed by atoms with Crippen LogP contribution in [0, 0.1) is 11.3 Å². The van der Waals surface area contributed by atoms with E-state index in [1.165, 1.54) is 0 Å². The quantitative estimate of drug-likeness (QED) is 0.845. The van der Waals surface area contributed by atoms with Crippen molar-refractivity contribution >= 4 is 23.2 Å². The fraction of sp³-hybridized carbons (Fsp3) is 0.263. The van der Waals surface area contributed by atoms with Gasteiger partial charge >= 0.3 is 0 Å². The standard InChI is InChI=1S/C19H18ClN3O2/c1-25-18-7-4-15(10-17(18)20)12-22-8-9-23(19(24)13-22)16-5-2-14(11-21)3-6-16/h2-7,10H,8-9,12-13H2,1H3. The van der Waals surface area contributed by atoms with Gasteiger partial charge in [0.05, 0.1) is 30.3 Å². The maximum Gasteiger partial charge on any atom is 0.241 e. The molecule has 1 fully saturated rings. The summed E-state index contributed by atoms with van der Waals surface area (Å²) in [5.41, 5.74) is 2.47. The topological polar surface area (TPSA) is 56.6 Å². The largest absolute Gasteiger partial charge is 0.495 e. The molecule has 25 heavy (non-hydrogen) atoms. The van der Waals surface area contributed by atoms with Gasteiger partial charge in [0.25, 0.3) is 0 Å². The van der Waals surface area contributed by atoms with Crippen LogP contribution in [0.2, 0.25) is 5.02 Å². The molecule has 5 nitrogen and oxygen atoms in total. The van der Waals surface area contributed by atoms with Crippen molar-refractivity contribution in [2.75, 3.05) is 31.6 Å². The van der Waals surface area contributed by atoms with E-state index in [4.69, 9.17) is 21.6 Å². The Morgan fingerprint density at radius 2 is 1.96 bits per heavy atom. The molecule has 0 unspecified atom stereocenters. The van der Waals surface area contributed by atoms with Crippen molar-refractivity contribution in [1.82, 2.24) is 4.90 Å². The Morgan fingerprint density at radius 3 is 2.56 bits per heavy atom. The molecule has 0 bridgehead atoms. The average molecular weight is 356 g/mol. The number of nitriles is 1. The van der Waals surface area contributed by atoms with Gasteiger partial charge in [0.15, 0.2) is 0 Å². The first kappa shape index (κ1) is 17.3. The lowest BCUT2D eigenvalue weighted by Gasteiger charge is -2.34. The molecule has 0 spiro atoms. The predicted octanol–water partition coefficient (Wildman–Crippen LogP) is 3.07. The zero-order valence-corrected chi connectivity index (χ0v) is 14.7. The molecule has 0 aromatic heterocycles. The Balaban J connectivity index is 1.64. The van der Waals surface area contributed by atoms with Crippen LogP contribution in [-0.2, 0) is 11.3 Å².